The Morgan fingerprint density at radius 3 is 2.80 bits per heavy atom. The lowest BCUT2D eigenvalue weighted by Gasteiger charge is -2.26. The standard InChI is InChI=1S/C17H24N4O4/c1-24-15-6-3-2-5-14(15)13-19-20-17(23)16(22)18-7-4-8-21-9-11-25-12-10-21/h2-3,5-6,13H,4,7-12H2,1H3,(H,18,22)(H,20,23)/b19-13-. The van der Waals surface area contributed by atoms with Crippen LogP contribution in [0.4, 0.5) is 0 Å². The van der Waals surface area contributed by atoms with Crippen molar-refractivity contribution >= 4 is 18.0 Å². The van der Waals surface area contributed by atoms with Crippen LogP contribution in [-0.2, 0) is 14.3 Å². The van der Waals surface area contributed by atoms with E-state index in [9.17, 15) is 9.59 Å². The highest BCUT2D eigenvalue weighted by atomic mass is 16.5. The van der Waals surface area contributed by atoms with Crippen LogP contribution >= 0.6 is 0 Å². The molecule has 8 heteroatoms. The highest BCUT2D eigenvalue weighted by Gasteiger charge is 2.13. The molecule has 0 saturated carbocycles. The van der Waals surface area contributed by atoms with Crippen molar-refractivity contribution in [1.29, 1.82) is 0 Å². The summed E-state index contributed by atoms with van der Waals surface area (Å²) in [5.41, 5.74) is 2.91. The van der Waals surface area contributed by atoms with Crippen LogP contribution in [0.2, 0.25) is 0 Å². The van der Waals surface area contributed by atoms with Crippen LogP contribution in [0.15, 0.2) is 29.4 Å². The minimum Gasteiger partial charge on any atom is -0.496 e. The summed E-state index contributed by atoms with van der Waals surface area (Å²) in [7, 11) is 1.55. The van der Waals surface area contributed by atoms with Gasteiger partial charge < -0.3 is 14.8 Å². The summed E-state index contributed by atoms with van der Waals surface area (Å²) in [5.74, 6) is -0.857. The number of nitrogens with one attached hydrogen (secondary N) is 2. The fourth-order valence-corrected chi connectivity index (χ4v) is 2.39. The molecule has 0 unspecified atom stereocenters. The maximum atomic E-state index is 11.7. The van der Waals surface area contributed by atoms with Crippen molar-refractivity contribution in [3.8, 4) is 5.75 Å². The lowest BCUT2D eigenvalue weighted by atomic mass is 10.2. The van der Waals surface area contributed by atoms with E-state index in [0.29, 0.717) is 17.9 Å². The number of para-hydroxylation sites is 1. The fraction of sp³-hybridized carbons (Fsp3) is 0.471. The zero-order chi connectivity index (χ0) is 17.9. The van der Waals surface area contributed by atoms with E-state index in [-0.39, 0.29) is 0 Å². The van der Waals surface area contributed by atoms with Crippen LogP contribution in [-0.4, -0.2) is 69.4 Å². The van der Waals surface area contributed by atoms with Crippen LogP contribution in [0.25, 0.3) is 0 Å². The van der Waals surface area contributed by atoms with Gasteiger partial charge in [0.05, 0.1) is 26.5 Å². The molecule has 0 radical (unpaired) electrons. The van der Waals surface area contributed by atoms with Gasteiger partial charge in [-0.1, -0.05) is 12.1 Å². The second-order valence-corrected chi connectivity index (χ2v) is 5.50. The van der Waals surface area contributed by atoms with Crippen molar-refractivity contribution in [2.45, 2.75) is 6.42 Å². The summed E-state index contributed by atoms with van der Waals surface area (Å²) in [5, 5.41) is 6.37. The summed E-state index contributed by atoms with van der Waals surface area (Å²) in [6.45, 7) is 4.63. The zero-order valence-electron chi connectivity index (χ0n) is 14.4. The van der Waals surface area contributed by atoms with Gasteiger partial charge in [-0.05, 0) is 25.1 Å². The minimum absolute atomic E-state index is 0.444. The molecule has 1 aromatic rings. The van der Waals surface area contributed by atoms with Gasteiger partial charge in [-0.15, -0.1) is 0 Å². The SMILES string of the molecule is COc1ccccc1/C=N\NC(=O)C(=O)NCCCN1CCOCC1. The molecule has 8 nitrogen and oxygen atoms in total. The Morgan fingerprint density at radius 1 is 1.28 bits per heavy atom. The topological polar surface area (TPSA) is 92.3 Å². The zero-order valence-corrected chi connectivity index (χ0v) is 14.4. The first-order chi connectivity index (χ1) is 12.2. The largest absolute Gasteiger partial charge is 0.496 e. The van der Waals surface area contributed by atoms with E-state index in [1.54, 1.807) is 19.2 Å². The van der Waals surface area contributed by atoms with Crippen LogP contribution in [0.1, 0.15) is 12.0 Å². The number of carbonyl (C=O) groups is 2. The minimum atomic E-state index is -0.794. The Balaban J connectivity index is 1.66. The molecule has 2 amide bonds. The van der Waals surface area contributed by atoms with Gasteiger partial charge in [-0.25, -0.2) is 5.43 Å². The normalized spacial score (nSPS) is 15.1. The van der Waals surface area contributed by atoms with Crippen molar-refractivity contribution in [3.63, 3.8) is 0 Å². The Bertz CT molecular complexity index is 600. The van der Waals surface area contributed by atoms with Gasteiger partial charge in [0.2, 0.25) is 0 Å². The van der Waals surface area contributed by atoms with Crippen LogP contribution in [0.3, 0.4) is 0 Å². The van der Waals surface area contributed by atoms with E-state index in [1.165, 1.54) is 6.21 Å². The first-order valence-electron chi connectivity index (χ1n) is 8.25. The van der Waals surface area contributed by atoms with E-state index in [1.807, 2.05) is 12.1 Å². The predicted molar refractivity (Wildman–Crippen MR) is 93.6 cm³/mol. The molecule has 2 rings (SSSR count). The number of hydrazone groups is 1. The number of hydrogen-bond donors (Lipinski definition) is 2. The molecule has 0 atom stereocenters. The average molecular weight is 348 g/mol. The third-order valence-corrected chi connectivity index (χ3v) is 3.76. The molecule has 0 bridgehead atoms. The van der Waals surface area contributed by atoms with E-state index >= 15 is 0 Å². The Labute approximate surface area is 147 Å². The van der Waals surface area contributed by atoms with Gasteiger partial charge in [0.1, 0.15) is 5.75 Å². The first-order valence-corrected chi connectivity index (χ1v) is 8.25. The van der Waals surface area contributed by atoms with Crippen molar-refractivity contribution in [2.75, 3.05) is 46.5 Å². The molecule has 0 spiro atoms. The number of nitrogens with zero attached hydrogens (tertiary/aromatic N) is 2. The molecule has 1 aromatic carbocycles. The molecule has 1 aliphatic heterocycles. The molecule has 25 heavy (non-hydrogen) atoms. The lowest BCUT2D eigenvalue weighted by Crippen LogP contribution is -2.40. The molecule has 1 saturated heterocycles. The third-order valence-electron chi connectivity index (χ3n) is 3.76. The molecular weight excluding hydrogens is 324 g/mol. The number of morpholine rings is 1. The molecule has 136 valence electrons. The first kappa shape index (κ1) is 18.9. The van der Waals surface area contributed by atoms with Gasteiger partial charge in [-0.2, -0.15) is 5.10 Å². The van der Waals surface area contributed by atoms with Crippen molar-refractivity contribution in [1.82, 2.24) is 15.6 Å². The third kappa shape index (κ3) is 6.52. The summed E-state index contributed by atoms with van der Waals surface area (Å²) in [6.07, 6.45) is 2.21. The quantitative estimate of drug-likeness (QED) is 0.313. The van der Waals surface area contributed by atoms with E-state index < -0.39 is 11.8 Å². The highest BCUT2D eigenvalue weighted by molar-refractivity contribution is 6.35. The van der Waals surface area contributed by atoms with Gasteiger partial charge in [0, 0.05) is 25.2 Å². The van der Waals surface area contributed by atoms with Gasteiger partial charge in [0.15, 0.2) is 0 Å². The molecule has 1 aliphatic rings. The number of methoxy groups -OCH3 is 1. The number of amides is 2. The number of hydrogen-bond acceptors (Lipinski definition) is 6. The maximum Gasteiger partial charge on any atom is 0.329 e. The molecule has 0 aromatic heterocycles. The predicted octanol–water partition coefficient (Wildman–Crippen LogP) is -0.0162. The number of rotatable bonds is 7. The molecule has 2 N–H and O–H groups in total. The number of benzene rings is 1. The Hall–Kier alpha value is -2.45. The van der Waals surface area contributed by atoms with Gasteiger partial charge in [-0.3, -0.25) is 14.5 Å². The molecular formula is C17H24N4O4. The van der Waals surface area contributed by atoms with Crippen molar-refractivity contribution in [2.24, 2.45) is 5.10 Å². The molecule has 1 fully saturated rings. The van der Waals surface area contributed by atoms with Crippen molar-refractivity contribution < 1.29 is 19.1 Å². The second kappa shape index (κ2) is 10.4. The van der Waals surface area contributed by atoms with Gasteiger partial charge in [0.25, 0.3) is 0 Å². The van der Waals surface area contributed by atoms with Crippen LogP contribution in [0, 0.1) is 0 Å². The summed E-state index contributed by atoms with van der Waals surface area (Å²) >= 11 is 0. The smallest absolute Gasteiger partial charge is 0.329 e. The Kier molecular flexibility index (Phi) is 7.87. The van der Waals surface area contributed by atoms with E-state index in [2.05, 4.69) is 20.7 Å². The molecule has 1 heterocycles. The Morgan fingerprint density at radius 2 is 2.04 bits per heavy atom. The van der Waals surface area contributed by atoms with Gasteiger partial charge >= 0.3 is 11.8 Å². The summed E-state index contributed by atoms with van der Waals surface area (Å²) < 4.78 is 10.4. The fourth-order valence-electron chi connectivity index (χ4n) is 2.39. The molecule has 0 aliphatic carbocycles. The number of carbonyl (C=O) groups excluding carboxylic acids is 2. The number of ether oxygens (including phenoxy) is 2. The summed E-state index contributed by atoms with van der Waals surface area (Å²) in [4.78, 5) is 25.7. The summed E-state index contributed by atoms with van der Waals surface area (Å²) in [6, 6.07) is 7.23. The average Bonchev–Trinajstić information content (AvgIpc) is 2.66. The monoisotopic (exact) mass is 348 g/mol. The lowest BCUT2D eigenvalue weighted by molar-refractivity contribution is -0.139. The maximum absolute atomic E-state index is 11.7. The van der Waals surface area contributed by atoms with Crippen LogP contribution < -0.4 is 15.5 Å². The van der Waals surface area contributed by atoms with E-state index in [4.69, 9.17) is 9.47 Å². The van der Waals surface area contributed by atoms with Crippen molar-refractivity contribution in [3.05, 3.63) is 29.8 Å². The van der Waals surface area contributed by atoms with E-state index in [0.717, 1.165) is 39.3 Å². The highest BCUT2D eigenvalue weighted by Crippen LogP contribution is 2.14. The second-order valence-electron chi connectivity index (χ2n) is 5.50. The van der Waals surface area contributed by atoms with Crippen LogP contribution in [0.5, 0.6) is 5.75 Å².